The fraction of sp³-hybridized carbons (Fsp3) is 0.417. The molecule has 0 N–H and O–H groups in total. The zero-order valence-electron chi connectivity index (χ0n) is 10.7. The van der Waals surface area contributed by atoms with E-state index in [-0.39, 0.29) is 0 Å². The fourth-order valence-corrected chi connectivity index (χ4v) is 1.29. The molecule has 0 atom stereocenters. The van der Waals surface area contributed by atoms with Crippen LogP contribution < -0.4 is 9.13 Å². The Bertz CT molecular complexity index is 423. The smallest absolute Gasteiger partial charge is 0.238 e. The summed E-state index contributed by atoms with van der Waals surface area (Å²) in [6, 6.07) is 4.12. The Hall–Kier alpha value is -1.71. The number of nitrogens with zero attached hydrogens (tertiary/aromatic N) is 4. The third kappa shape index (κ3) is 3.46. The maximum atomic E-state index is 4.00. The van der Waals surface area contributed by atoms with Crippen molar-refractivity contribution in [1.29, 1.82) is 0 Å². The summed E-state index contributed by atoms with van der Waals surface area (Å²) in [4.78, 5) is 0. The third-order valence-electron chi connectivity index (χ3n) is 2.46. The van der Waals surface area contributed by atoms with Gasteiger partial charge < -0.3 is 0 Å². The van der Waals surface area contributed by atoms with Crippen molar-refractivity contribution in [3.05, 3.63) is 42.2 Å². The Morgan fingerprint density at radius 1 is 1.25 bits per heavy atom. The number of pyridine rings is 1. The van der Waals surface area contributed by atoms with Crippen molar-refractivity contribution >= 4 is 0 Å². The van der Waals surface area contributed by atoms with Gasteiger partial charge in [0.25, 0.3) is 6.33 Å². The fourth-order valence-electron chi connectivity index (χ4n) is 1.29. The molecule has 0 saturated carbocycles. The molecule has 0 fully saturated rings. The van der Waals surface area contributed by atoms with E-state index in [1.54, 1.807) is 6.33 Å². The Labute approximate surface area is 96.8 Å². The largest absolute Gasteiger partial charge is 0.265 e. The average molecular weight is 220 g/mol. The lowest BCUT2D eigenvalue weighted by molar-refractivity contribution is -0.678. The molecular formula is C12H20N4+2. The van der Waals surface area contributed by atoms with Crippen LogP contribution >= 0.6 is 0 Å². The number of hydrogen-bond acceptors (Lipinski definition) is 1. The first-order chi connectivity index (χ1) is 7.50. The van der Waals surface area contributed by atoms with E-state index < -0.39 is 0 Å². The second-order valence-electron chi connectivity index (χ2n) is 3.96. The van der Waals surface area contributed by atoms with Gasteiger partial charge in [-0.2, -0.15) is 0 Å². The van der Waals surface area contributed by atoms with Crippen LogP contribution in [0.15, 0.2) is 30.9 Å². The quantitative estimate of drug-likeness (QED) is 0.589. The van der Waals surface area contributed by atoms with Crippen LogP contribution in [0.2, 0.25) is 0 Å². The number of hydrogen-bond donors (Lipinski definition) is 0. The average Bonchev–Trinajstić information content (AvgIpc) is 2.50. The highest BCUT2D eigenvalue weighted by Gasteiger charge is 2.02. The van der Waals surface area contributed by atoms with Gasteiger partial charge in [-0.25, -0.2) is 9.13 Å². The lowest BCUT2D eigenvalue weighted by Gasteiger charge is -1.85. The highest BCUT2D eigenvalue weighted by atomic mass is 15.3. The van der Waals surface area contributed by atoms with Crippen molar-refractivity contribution in [2.75, 3.05) is 0 Å². The van der Waals surface area contributed by atoms with Gasteiger partial charge in [-0.05, 0) is 13.0 Å². The van der Waals surface area contributed by atoms with Gasteiger partial charge in [-0.3, -0.25) is 0 Å². The molecule has 0 spiro atoms. The summed E-state index contributed by atoms with van der Waals surface area (Å²) in [5, 5.41) is 4.00. The number of aromatic nitrogens is 4. The first kappa shape index (κ1) is 12.4. The normalized spacial score (nSPS) is 9.56. The predicted octanol–water partition coefficient (Wildman–Crippen LogP) is 0.373. The molecule has 0 unspecified atom stereocenters. The van der Waals surface area contributed by atoms with Gasteiger partial charge in [0.15, 0.2) is 12.4 Å². The lowest BCUT2D eigenvalue weighted by Crippen LogP contribution is -2.29. The highest BCUT2D eigenvalue weighted by molar-refractivity contribution is 5.00. The van der Waals surface area contributed by atoms with E-state index in [9.17, 15) is 0 Å². The van der Waals surface area contributed by atoms with Crippen LogP contribution in [0.5, 0.6) is 0 Å². The molecule has 0 aliphatic carbocycles. The van der Waals surface area contributed by atoms with E-state index >= 15 is 0 Å². The Morgan fingerprint density at radius 3 is 2.19 bits per heavy atom. The van der Waals surface area contributed by atoms with Crippen LogP contribution in [-0.4, -0.2) is 9.78 Å². The Balaban J connectivity index is 0.000000160. The molecule has 0 saturated heterocycles. The van der Waals surface area contributed by atoms with Gasteiger partial charge in [0.1, 0.15) is 7.05 Å². The van der Waals surface area contributed by atoms with Crippen LogP contribution in [0.3, 0.4) is 0 Å². The van der Waals surface area contributed by atoms with Gasteiger partial charge in [-0.15, -0.1) is 4.68 Å². The van der Waals surface area contributed by atoms with E-state index in [4.69, 9.17) is 0 Å². The minimum absolute atomic E-state index is 1.16. The minimum Gasteiger partial charge on any atom is -0.238 e. The SMILES string of the molecule is Cc1ccc[n+](C)c1.Cc1n(C)nc[n+]1C. The monoisotopic (exact) mass is 220 g/mol. The molecule has 16 heavy (non-hydrogen) atoms. The summed E-state index contributed by atoms with van der Waals surface area (Å²) in [5.74, 6) is 1.16. The molecule has 2 heterocycles. The molecule has 0 bridgehead atoms. The lowest BCUT2D eigenvalue weighted by atomic mass is 10.3. The van der Waals surface area contributed by atoms with E-state index in [1.165, 1.54) is 5.56 Å². The molecule has 4 nitrogen and oxygen atoms in total. The zero-order valence-corrected chi connectivity index (χ0v) is 10.7. The first-order valence-corrected chi connectivity index (χ1v) is 5.27. The molecule has 4 heteroatoms. The number of aryl methyl sites for hydroxylation is 4. The second kappa shape index (κ2) is 5.39. The van der Waals surface area contributed by atoms with Crippen molar-refractivity contribution in [1.82, 2.24) is 9.78 Å². The van der Waals surface area contributed by atoms with Crippen LogP contribution in [0.1, 0.15) is 11.4 Å². The minimum atomic E-state index is 1.16. The molecule has 0 aliphatic heterocycles. The van der Waals surface area contributed by atoms with E-state index in [0.29, 0.717) is 0 Å². The highest BCUT2D eigenvalue weighted by Crippen LogP contribution is 1.86. The topological polar surface area (TPSA) is 25.6 Å². The van der Waals surface area contributed by atoms with Gasteiger partial charge in [0.2, 0.25) is 5.82 Å². The van der Waals surface area contributed by atoms with E-state index in [1.807, 2.05) is 54.1 Å². The van der Waals surface area contributed by atoms with Crippen LogP contribution in [-0.2, 0) is 21.1 Å². The summed E-state index contributed by atoms with van der Waals surface area (Å²) in [7, 11) is 5.92. The molecule has 2 aromatic heterocycles. The maximum absolute atomic E-state index is 4.00. The van der Waals surface area contributed by atoms with Crippen LogP contribution in [0, 0.1) is 13.8 Å². The summed E-state index contributed by atoms with van der Waals surface area (Å²) < 4.78 is 5.84. The Kier molecular flexibility index (Phi) is 4.17. The van der Waals surface area contributed by atoms with Gasteiger partial charge in [0.05, 0.1) is 14.1 Å². The second-order valence-corrected chi connectivity index (χ2v) is 3.96. The standard InChI is InChI=1S/C7H10N.C5H10N3/c1-7-4-3-5-8(2)6-7;1-5-7(2)4-6-8(5)3/h3-6H,1-2H3;4H,1-3H3/q2*+1. The van der Waals surface area contributed by atoms with Crippen molar-refractivity contribution in [2.45, 2.75) is 13.8 Å². The van der Waals surface area contributed by atoms with Gasteiger partial charge in [-0.1, -0.05) is 0 Å². The molecule has 0 radical (unpaired) electrons. The van der Waals surface area contributed by atoms with E-state index in [0.717, 1.165) is 5.82 Å². The summed E-state index contributed by atoms with van der Waals surface area (Å²) >= 11 is 0. The molecule has 0 aliphatic rings. The van der Waals surface area contributed by atoms with E-state index in [2.05, 4.69) is 24.3 Å². The maximum Gasteiger partial charge on any atom is 0.265 e. The van der Waals surface area contributed by atoms with Gasteiger partial charge in [0, 0.05) is 23.7 Å². The third-order valence-corrected chi connectivity index (χ3v) is 2.46. The molecule has 2 rings (SSSR count). The number of rotatable bonds is 0. The van der Waals surface area contributed by atoms with Crippen molar-refractivity contribution in [3.8, 4) is 0 Å². The predicted molar refractivity (Wildman–Crippen MR) is 61.5 cm³/mol. The Morgan fingerprint density at radius 2 is 1.94 bits per heavy atom. The van der Waals surface area contributed by atoms with Crippen LogP contribution in [0.4, 0.5) is 0 Å². The summed E-state index contributed by atoms with van der Waals surface area (Å²) in [6.45, 7) is 4.10. The molecule has 2 aromatic rings. The van der Waals surface area contributed by atoms with Crippen LogP contribution in [0.25, 0.3) is 0 Å². The molecular weight excluding hydrogens is 200 g/mol. The molecule has 86 valence electrons. The van der Waals surface area contributed by atoms with Crippen molar-refractivity contribution < 1.29 is 9.13 Å². The molecule has 0 aromatic carbocycles. The summed E-state index contributed by atoms with van der Waals surface area (Å²) in [6.07, 6.45) is 5.89. The van der Waals surface area contributed by atoms with Crippen molar-refractivity contribution in [2.24, 2.45) is 21.1 Å². The van der Waals surface area contributed by atoms with Gasteiger partial charge >= 0.3 is 0 Å². The van der Waals surface area contributed by atoms with Crippen molar-refractivity contribution in [3.63, 3.8) is 0 Å². The zero-order chi connectivity index (χ0) is 12.1. The molecule has 0 amide bonds. The first-order valence-electron chi connectivity index (χ1n) is 5.27. The summed E-state index contributed by atoms with van der Waals surface area (Å²) in [5.41, 5.74) is 1.30.